The topological polar surface area (TPSA) is 83.9 Å². The van der Waals surface area contributed by atoms with Crippen LogP contribution >= 0.6 is 0 Å². The van der Waals surface area contributed by atoms with Crippen LogP contribution in [0.3, 0.4) is 0 Å². The van der Waals surface area contributed by atoms with Crippen molar-refractivity contribution in [3.63, 3.8) is 0 Å². The van der Waals surface area contributed by atoms with E-state index >= 15 is 0 Å². The van der Waals surface area contributed by atoms with Crippen LogP contribution in [-0.4, -0.2) is 47.0 Å². The fourth-order valence-electron chi connectivity index (χ4n) is 14.5. The first-order chi connectivity index (χ1) is 22.4. The van der Waals surface area contributed by atoms with Crippen molar-refractivity contribution in [2.45, 2.75) is 164 Å². The molecule has 6 heteroatoms. The first-order valence-electron chi connectivity index (χ1n) is 20.1. The van der Waals surface area contributed by atoms with Crippen molar-refractivity contribution in [1.82, 2.24) is 4.90 Å². The van der Waals surface area contributed by atoms with Gasteiger partial charge in [-0.3, -0.25) is 14.4 Å². The van der Waals surface area contributed by atoms with E-state index in [1.807, 2.05) is 0 Å². The summed E-state index contributed by atoms with van der Waals surface area (Å²) >= 11 is 0. The van der Waals surface area contributed by atoms with Crippen molar-refractivity contribution in [2.75, 3.05) is 13.1 Å². The second-order valence-corrected chi connectivity index (χ2v) is 20.7. The lowest BCUT2D eigenvalue weighted by atomic mass is 9.32. The van der Waals surface area contributed by atoms with Gasteiger partial charge in [0.1, 0.15) is 6.10 Å². The Morgan fingerprint density at radius 3 is 2.06 bits per heavy atom. The molecule has 270 valence electrons. The summed E-state index contributed by atoms with van der Waals surface area (Å²) in [6.45, 7) is 20.3. The number of carbonyl (C=O) groups excluding carboxylic acids is 2. The Hall–Kier alpha value is -1.59. The quantitative estimate of drug-likeness (QED) is 0.286. The molecule has 0 radical (unpaired) electrons. The lowest BCUT2D eigenvalue weighted by Crippen LogP contribution is -2.67. The van der Waals surface area contributed by atoms with Crippen LogP contribution in [-0.2, 0) is 19.1 Å². The molecule has 0 bridgehead atoms. The number of carboxylic acid groups (broad SMARTS) is 1. The summed E-state index contributed by atoms with van der Waals surface area (Å²) in [7, 11) is 0. The maximum absolute atomic E-state index is 14.8. The second-order valence-electron chi connectivity index (χ2n) is 20.7. The summed E-state index contributed by atoms with van der Waals surface area (Å²) in [4.78, 5) is 41.9. The molecule has 0 aromatic carbocycles. The molecule has 7 rings (SSSR count). The van der Waals surface area contributed by atoms with E-state index in [1.54, 1.807) is 13.8 Å². The van der Waals surface area contributed by atoms with Crippen LogP contribution in [0.5, 0.6) is 0 Å². The normalized spacial score (nSPS) is 46.0. The molecule has 48 heavy (non-hydrogen) atoms. The number of hydrogen-bond acceptors (Lipinski definition) is 4. The third-order valence-electron chi connectivity index (χ3n) is 17.8. The lowest BCUT2D eigenvalue weighted by molar-refractivity contribution is -0.251. The minimum Gasteiger partial charge on any atom is -0.481 e. The van der Waals surface area contributed by atoms with Crippen molar-refractivity contribution in [1.29, 1.82) is 0 Å². The Kier molecular flexibility index (Phi) is 8.13. The number of rotatable bonds is 6. The highest BCUT2D eigenvalue weighted by Gasteiger charge is 2.73. The van der Waals surface area contributed by atoms with Gasteiger partial charge in [0, 0.05) is 18.5 Å². The molecule has 0 aromatic heterocycles. The molecule has 7 fully saturated rings. The predicted octanol–water partition coefficient (Wildman–Crippen LogP) is 9.29. The number of carbonyl (C=O) groups is 3. The Bertz CT molecular complexity index is 1330. The summed E-state index contributed by atoms with van der Waals surface area (Å²) in [5.41, 5.74) is -0.377. The zero-order chi connectivity index (χ0) is 34.7. The van der Waals surface area contributed by atoms with Crippen LogP contribution in [0.1, 0.15) is 158 Å². The molecule has 1 aliphatic heterocycles. The van der Waals surface area contributed by atoms with Gasteiger partial charge in [0.2, 0.25) is 5.91 Å². The average molecular weight is 666 g/mol. The molecule has 0 unspecified atom stereocenters. The second kappa shape index (κ2) is 11.2. The van der Waals surface area contributed by atoms with Gasteiger partial charge in [-0.2, -0.15) is 0 Å². The first-order valence-corrected chi connectivity index (χ1v) is 20.1. The van der Waals surface area contributed by atoms with Crippen molar-refractivity contribution in [2.24, 2.45) is 67.5 Å². The van der Waals surface area contributed by atoms with Gasteiger partial charge >= 0.3 is 11.9 Å². The SMILES string of the molecule is CC(C)(CC(=O)O[C@H]1CC[C@]2(C)[C@H]3CC[C@@H]4[C@H]5[C@H](C6(C)CC6)CC[C@]5(C(=O)N5CCCCC5)CC[C@@]4(C)[C@]3(C)CC[C@H]2C1(C)C)C(=O)O. The number of amides is 1. The monoisotopic (exact) mass is 666 g/mol. The molecule has 1 saturated heterocycles. The molecule has 1 heterocycles. The van der Waals surface area contributed by atoms with E-state index in [-0.39, 0.29) is 45.6 Å². The van der Waals surface area contributed by atoms with Gasteiger partial charge in [0.25, 0.3) is 0 Å². The highest BCUT2D eigenvalue weighted by atomic mass is 16.5. The van der Waals surface area contributed by atoms with E-state index in [1.165, 1.54) is 64.2 Å². The molecule has 6 aliphatic carbocycles. The van der Waals surface area contributed by atoms with E-state index < -0.39 is 11.4 Å². The number of likely N-dealkylation sites (tertiary alicyclic amines) is 1. The fourth-order valence-corrected chi connectivity index (χ4v) is 14.5. The van der Waals surface area contributed by atoms with Gasteiger partial charge in [0.05, 0.1) is 17.3 Å². The number of nitrogens with zero attached hydrogens (tertiary/aromatic N) is 1. The highest BCUT2D eigenvalue weighted by molar-refractivity contribution is 5.84. The molecule has 0 aromatic rings. The van der Waals surface area contributed by atoms with Gasteiger partial charge in [0.15, 0.2) is 0 Å². The molecule has 7 aliphatic rings. The maximum Gasteiger partial charge on any atom is 0.309 e. The van der Waals surface area contributed by atoms with Gasteiger partial charge in [-0.25, -0.2) is 0 Å². The van der Waals surface area contributed by atoms with Crippen LogP contribution in [0.15, 0.2) is 0 Å². The van der Waals surface area contributed by atoms with Crippen LogP contribution in [0, 0.1) is 67.5 Å². The number of aliphatic carboxylic acids is 1. The fraction of sp³-hybridized carbons (Fsp3) is 0.929. The minimum absolute atomic E-state index is 0.0970. The minimum atomic E-state index is -1.13. The molecular weight excluding hydrogens is 598 g/mol. The van der Waals surface area contributed by atoms with Gasteiger partial charge in [-0.05, 0) is 161 Å². The molecule has 10 atom stereocenters. The van der Waals surface area contributed by atoms with Crippen LogP contribution in [0.25, 0.3) is 0 Å². The third-order valence-corrected chi connectivity index (χ3v) is 17.8. The number of piperidine rings is 1. The molecule has 1 N–H and O–H groups in total. The van der Waals surface area contributed by atoms with E-state index in [9.17, 15) is 19.5 Å². The zero-order valence-corrected chi connectivity index (χ0v) is 31.7. The maximum atomic E-state index is 14.8. The zero-order valence-electron chi connectivity index (χ0n) is 31.7. The first kappa shape index (κ1) is 34.8. The summed E-state index contributed by atoms with van der Waals surface area (Å²) < 4.78 is 6.20. The molecular formula is C42H67NO5. The van der Waals surface area contributed by atoms with Crippen LogP contribution in [0.2, 0.25) is 0 Å². The van der Waals surface area contributed by atoms with E-state index in [0.717, 1.165) is 45.2 Å². The third kappa shape index (κ3) is 4.85. The highest BCUT2D eigenvalue weighted by Crippen LogP contribution is 2.79. The summed E-state index contributed by atoms with van der Waals surface area (Å²) in [5, 5.41) is 9.61. The summed E-state index contributed by atoms with van der Waals surface area (Å²) in [5.74, 6) is 2.12. The van der Waals surface area contributed by atoms with Crippen LogP contribution < -0.4 is 0 Å². The summed E-state index contributed by atoms with van der Waals surface area (Å²) in [6, 6.07) is 0. The summed E-state index contributed by atoms with van der Waals surface area (Å²) in [6.07, 6.45) is 17.5. The largest absolute Gasteiger partial charge is 0.481 e. The van der Waals surface area contributed by atoms with Gasteiger partial charge < -0.3 is 14.7 Å². The lowest BCUT2D eigenvalue weighted by Gasteiger charge is -2.73. The Balaban J connectivity index is 1.16. The number of ether oxygens (including phenoxy) is 1. The molecule has 6 saturated carbocycles. The van der Waals surface area contributed by atoms with E-state index in [0.29, 0.717) is 40.9 Å². The Morgan fingerprint density at radius 1 is 0.729 bits per heavy atom. The van der Waals surface area contributed by atoms with Crippen molar-refractivity contribution >= 4 is 17.8 Å². The molecule has 6 nitrogen and oxygen atoms in total. The average Bonchev–Trinajstić information content (AvgIpc) is 3.63. The molecule has 0 spiro atoms. The van der Waals surface area contributed by atoms with Crippen molar-refractivity contribution in [3.8, 4) is 0 Å². The van der Waals surface area contributed by atoms with E-state index in [4.69, 9.17) is 4.74 Å². The van der Waals surface area contributed by atoms with Crippen molar-refractivity contribution in [3.05, 3.63) is 0 Å². The number of hydrogen-bond donors (Lipinski definition) is 1. The Labute approximate surface area is 291 Å². The van der Waals surface area contributed by atoms with E-state index in [2.05, 4.69) is 46.4 Å². The molecule has 1 amide bonds. The number of carboxylic acids is 1. The predicted molar refractivity (Wildman–Crippen MR) is 188 cm³/mol. The smallest absolute Gasteiger partial charge is 0.309 e. The van der Waals surface area contributed by atoms with Gasteiger partial charge in [-0.1, -0.05) is 41.5 Å². The standard InChI is InChI=1S/C42H67NO5/c1-36(2,35(46)47)26-32(44)48-31-16-17-39(6)29(37(31,3)4)15-18-41(8)30(39)13-12-28-33-27(38(5)20-21-38)14-19-42(33,23-22-40(28,41)7)34(45)43-24-10-9-11-25-43/h27-31,33H,9-26H2,1-8H3,(H,46,47)/t27-,28-,29+,30-,31+,33-,39+,40-,41-,42+/m1/s1. The number of fused-ring (bicyclic) bond motifs is 7. The Morgan fingerprint density at radius 2 is 1.42 bits per heavy atom. The van der Waals surface area contributed by atoms with Crippen LogP contribution in [0.4, 0.5) is 0 Å². The van der Waals surface area contributed by atoms with Crippen molar-refractivity contribution < 1.29 is 24.2 Å². The number of esters is 1. The van der Waals surface area contributed by atoms with Gasteiger partial charge in [-0.15, -0.1) is 0 Å².